The number of carbonyl (C=O) groups excluding carboxylic acids is 1. The summed E-state index contributed by atoms with van der Waals surface area (Å²) in [4.78, 5) is 14.4. The van der Waals surface area contributed by atoms with Crippen molar-refractivity contribution < 1.29 is 14.6 Å². The molecule has 5 heteroatoms. The molecule has 1 unspecified atom stereocenters. The van der Waals surface area contributed by atoms with Crippen LogP contribution < -0.4 is 10.1 Å². The van der Waals surface area contributed by atoms with Gasteiger partial charge in [0.05, 0.1) is 0 Å². The second-order valence-corrected chi connectivity index (χ2v) is 7.76. The van der Waals surface area contributed by atoms with Gasteiger partial charge in [-0.15, -0.1) is 0 Å². The summed E-state index contributed by atoms with van der Waals surface area (Å²) in [6.07, 6.45) is 1.35. The molecule has 24 heavy (non-hydrogen) atoms. The summed E-state index contributed by atoms with van der Waals surface area (Å²) in [5.41, 5.74) is -1.26. The topological polar surface area (TPSA) is 61.8 Å². The van der Waals surface area contributed by atoms with Crippen molar-refractivity contribution in [2.45, 2.75) is 39.2 Å². The van der Waals surface area contributed by atoms with E-state index < -0.39 is 5.60 Å². The molecule has 0 spiro atoms. The average Bonchev–Trinajstić information content (AvgIpc) is 2.52. The molecule has 1 aromatic carbocycles. The van der Waals surface area contributed by atoms with Crippen LogP contribution >= 0.6 is 0 Å². The fraction of sp³-hybridized carbons (Fsp3) is 0.632. The molecule has 2 N–H and O–H groups in total. The fourth-order valence-electron chi connectivity index (χ4n) is 3.01. The highest BCUT2D eigenvalue weighted by molar-refractivity contribution is 5.86. The standard InChI is InChI=1S/C19H30N2O3/c1-18(2,3)15-21-12-7-10-19(23,17(21)22)14-20-11-13-24-16-8-5-4-6-9-16/h4-6,8-9,20,23H,7,10-15H2,1-3H3. The summed E-state index contributed by atoms with van der Waals surface area (Å²) < 4.78 is 5.60. The van der Waals surface area contributed by atoms with E-state index in [-0.39, 0.29) is 17.9 Å². The van der Waals surface area contributed by atoms with Crippen molar-refractivity contribution in [1.82, 2.24) is 10.2 Å². The molecule has 1 saturated heterocycles. The minimum absolute atomic E-state index is 0.0326. The first-order chi connectivity index (χ1) is 11.3. The smallest absolute Gasteiger partial charge is 0.255 e. The van der Waals surface area contributed by atoms with Crippen LogP contribution in [-0.2, 0) is 4.79 Å². The van der Waals surface area contributed by atoms with Crippen molar-refractivity contribution in [3.8, 4) is 5.75 Å². The van der Waals surface area contributed by atoms with Crippen molar-refractivity contribution in [2.75, 3.05) is 32.8 Å². The van der Waals surface area contributed by atoms with E-state index in [4.69, 9.17) is 4.74 Å². The van der Waals surface area contributed by atoms with Crippen LogP contribution in [0.5, 0.6) is 5.75 Å². The third-order valence-electron chi connectivity index (χ3n) is 4.08. The summed E-state index contributed by atoms with van der Waals surface area (Å²) in [7, 11) is 0. The molecule has 0 radical (unpaired) electrons. The van der Waals surface area contributed by atoms with Gasteiger partial charge in [0.2, 0.25) is 0 Å². The Labute approximate surface area is 145 Å². The summed E-state index contributed by atoms with van der Waals surface area (Å²) in [6, 6.07) is 9.61. The van der Waals surface area contributed by atoms with Gasteiger partial charge in [-0.25, -0.2) is 0 Å². The number of hydrogen-bond donors (Lipinski definition) is 2. The van der Waals surface area contributed by atoms with E-state index in [1.54, 1.807) is 4.90 Å². The molecule has 0 aliphatic carbocycles. The van der Waals surface area contributed by atoms with Crippen molar-refractivity contribution in [2.24, 2.45) is 5.41 Å². The van der Waals surface area contributed by atoms with Crippen LogP contribution in [0.4, 0.5) is 0 Å². The van der Waals surface area contributed by atoms with Gasteiger partial charge < -0.3 is 20.1 Å². The lowest BCUT2D eigenvalue weighted by atomic mass is 9.88. The Kier molecular flexibility index (Phi) is 6.24. The van der Waals surface area contributed by atoms with Gasteiger partial charge in [0, 0.05) is 26.2 Å². The lowest BCUT2D eigenvalue weighted by molar-refractivity contribution is -0.158. The number of hydrogen-bond acceptors (Lipinski definition) is 4. The number of rotatable bonds is 7. The van der Waals surface area contributed by atoms with E-state index in [2.05, 4.69) is 26.1 Å². The molecule has 0 bridgehead atoms. The zero-order valence-electron chi connectivity index (χ0n) is 15.0. The van der Waals surface area contributed by atoms with E-state index >= 15 is 0 Å². The highest BCUT2D eigenvalue weighted by Gasteiger charge is 2.42. The minimum Gasteiger partial charge on any atom is -0.492 e. The van der Waals surface area contributed by atoms with Gasteiger partial charge in [0.1, 0.15) is 12.4 Å². The van der Waals surface area contributed by atoms with Gasteiger partial charge in [-0.1, -0.05) is 39.0 Å². The molecule has 2 rings (SSSR count). The van der Waals surface area contributed by atoms with Gasteiger partial charge in [0.15, 0.2) is 5.60 Å². The van der Waals surface area contributed by atoms with Crippen LogP contribution in [0.15, 0.2) is 30.3 Å². The Hall–Kier alpha value is -1.59. The quantitative estimate of drug-likeness (QED) is 0.749. The number of likely N-dealkylation sites (tertiary alicyclic amines) is 1. The minimum atomic E-state index is -1.30. The van der Waals surface area contributed by atoms with E-state index in [9.17, 15) is 9.90 Å². The van der Waals surface area contributed by atoms with E-state index in [1.807, 2.05) is 30.3 Å². The van der Waals surface area contributed by atoms with Crippen molar-refractivity contribution in [1.29, 1.82) is 0 Å². The second-order valence-electron chi connectivity index (χ2n) is 7.76. The Balaban J connectivity index is 1.76. The normalized spacial score (nSPS) is 21.8. The predicted octanol–water partition coefficient (Wildman–Crippen LogP) is 2.05. The Morgan fingerprint density at radius 3 is 2.67 bits per heavy atom. The highest BCUT2D eigenvalue weighted by atomic mass is 16.5. The molecule has 134 valence electrons. The molecular weight excluding hydrogens is 304 g/mol. The number of amides is 1. The number of aliphatic hydroxyl groups is 1. The summed E-state index contributed by atoms with van der Waals surface area (Å²) in [5.74, 6) is 0.670. The zero-order valence-corrected chi connectivity index (χ0v) is 15.0. The molecule has 1 heterocycles. The van der Waals surface area contributed by atoms with Gasteiger partial charge in [-0.05, 0) is 30.4 Å². The molecule has 1 amide bonds. The van der Waals surface area contributed by atoms with Gasteiger partial charge >= 0.3 is 0 Å². The first-order valence-electron chi connectivity index (χ1n) is 8.71. The van der Waals surface area contributed by atoms with Crippen LogP contribution in [-0.4, -0.2) is 54.3 Å². The molecular formula is C19H30N2O3. The van der Waals surface area contributed by atoms with Crippen LogP contribution in [0.3, 0.4) is 0 Å². The van der Waals surface area contributed by atoms with Crippen molar-refractivity contribution in [3.63, 3.8) is 0 Å². The molecule has 1 aliphatic rings. The van der Waals surface area contributed by atoms with Crippen LogP contribution in [0.25, 0.3) is 0 Å². The lowest BCUT2D eigenvalue weighted by Crippen LogP contribution is -2.59. The van der Waals surface area contributed by atoms with Gasteiger partial charge in [-0.3, -0.25) is 4.79 Å². The molecule has 1 fully saturated rings. The lowest BCUT2D eigenvalue weighted by Gasteiger charge is -2.41. The maximum absolute atomic E-state index is 12.6. The largest absolute Gasteiger partial charge is 0.492 e. The first kappa shape index (κ1) is 18.7. The number of para-hydroxylation sites is 1. The first-order valence-corrected chi connectivity index (χ1v) is 8.71. The molecule has 0 saturated carbocycles. The summed E-state index contributed by atoms with van der Waals surface area (Å²) in [6.45, 7) is 9.07. The van der Waals surface area contributed by atoms with Crippen molar-refractivity contribution >= 4 is 5.91 Å². The number of carbonyl (C=O) groups is 1. The SMILES string of the molecule is CC(C)(C)CN1CCCC(O)(CNCCOc2ccccc2)C1=O. The van der Waals surface area contributed by atoms with Crippen molar-refractivity contribution in [3.05, 3.63) is 30.3 Å². The Morgan fingerprint density at radius 1 is 1.29 bits per heavy atom. The van der Waals surface area contributed by atoms with Crippen LogP contribution in [0.1, 0.15) is 33.6 Å². The zero-order chi connectivity index (χ0) is 17.6. The number of ether oxygens (including phenoxy) is 1. The molecule has 5 nitrogen and oxygen atoms in total. The van der Waals surface area contributed by atoms with Crippen LogP contribution in [0.2, 0.25) is 0 Å². The molecule has 0 aromatic heterocycles. The van der Waals surface area contributed by atoms with Crippen LogP contribution in [0, 0.1) is 5.41 Å². The molecule has 1 aliphatic heterocycles. The summed E-state index contributed by atoms with van der Waals surface area (Å²) in [5, 5.41) is 13.9. The predicted molar refractivity (Wildman–Crippen MR) is 95.0 cm³/mol. The average molecular weight is 334 g/mol. The van der Waals surface area contributed by atoms with E-state index in [0.717, 1.165) is 18.7 Å². The maximum Gasteiger partial charge on any atom is 0.255 e. The maximum atomic E-state index is 12.6. The number of piperidine rings is 1. The van der Waals surface area contributed by atoms with E-state index in [0.29, 0.717) is 26.1 Å². The molecule has 1 atom stereocenters. The highest BCUT2D eigenvalue weighted by Crippen LogP contribution is 2.25. The Bertz CT molecular complexity index is 527. The van der Waals surface area contributed by atoms with E-state index in [1.165, 1.54) is 0 Å². The summed E-state index contributed by atoms with van der Waals surface area (Å²) >= 11 is 0. The Morgan fingerprint density at radius 2 is 2.00 bits per heavy atom. The van der Waals surface area contributed by atoms with Gasteiger partial charge in [0.25, 0.3) is 5.91 Å². The fourth-order valence-corrected chi connectivity index (χ4v) is 3.01. The third kappa shape index (κ3) is 5.49. The number of nitrogens with one attached hydrogen (secondary N) is 1. The molecule has 1 aromatic rings. The van der Waals surface area contributed by atoms with Gasteiger partial charge in [-0.2, -0.15) is 0 Å². The third-order valence-corrected chi connectivity index (χ3v) is 4.08. The number of benzene rings is 1. The monoisotopic (exact) mass is 334 g/mol. The number of nitrogens with zero attached hydrogens (tertiary/aromatic N) is 1. The second kappa shape index (κ2) is 7.99.